The number of carbonyl (C=O) groups is 1. The molecule has 1 amide bonds. The van der Waals surface area contributed by atoms with Crippen LogP contribution >= 0.6 is 0 Å². The molecule has 7 nitrogen and oxygen atoms in total. The summed E-state index contributed by atoms with van der Waals surface area (Å²) in [5.74, 6) is 12.6. The van der Waals surface area contributed by atoms with Crippen LogP contribution in [0.3, 0.4) is 0 Å². The van der Waals surface area contributed by atoms with Gasteiger partial charge < -0.3 is 29.7 Å². The van der Waals surface area contributed by atoms with Crippen LogP contribution in [-0.2, 0) is 22.4 Å². The molecule has 8 heterocycles. The Bertz CT molecular complexity index is 2160. The van der Waals surface area contributed by atoms with Crippen molar-refractivity contribution >= 4 is 5.91 Å². The van der Waals surface area contributed by atoms with Crippen molar-refractivity contribution in [2.45, 2.75) is 377 Å². The first-order chi connectivity index (χ1) is 48.2. The number of likely N-dealkylation sites (tertiary alicyclic amines) is 2. The number of ether oxygens (including phenoxy) is 1. The summed E-state index contributed by atoms with van der Waals surface area (Å²) in [6, 6.07) is 10.4. The van der Waals surface area contributed by atoms with Crippen LogP contribution in [-0.4, -0.2) is 124 Å². The first-order valence-electron chi connectivity index (χ1n) is 45.0. The monoisotopic (exact) mass is 1390 g/mol. The second-order valence-corrected chi connectivity index (χ2v) is 39.4. The molecule has 0 radical (unpaired) electrons. The molecule has 10 saturated carbocycles. The van der Waals surface area contributed by atoms with E-state index in [1.807, 2.05) is 0 Å². The Morgan fingerprint density at radius 3 is 1.36 bits per heavy atom. The average Bonchev–Trinajstić information content (AvgIpc) is 0.965. The normalized spacial score (nSPS) is 34.4. The maximum Gasteiger partial charge on any atom is 0.222 e. The Kier molecular flexibility index (Phi) is 37.6. The Labute approximate surface area is 622 Å². The van der Waals surface area contributed by atoms with E-state index in [0.29, 0.717) is 11.9 Å². The van der Waals surface area contributed by atoms with Crippen LogP contribution in [0.5, 0.6) is 0 Å². The minimum absolute atomic E-state index is 0.390. The van der Waals surface area contributed by atoms with E-state index in [-0.39, 0.29) is 0 Å². The van der Waals surface area contributed by atoms with Gasteiger partial charge in [0.05, 0.1) is 0 Å². The van der Waals surface area contributed by atoms with E-state index in [9.17, 15) is 4.79 Å². The molecule has 0 aromatic heterocycles. The Morgan fingerprint density at radius 2 is 0.930 bits per heavy atom. The highest BCUT2D eigenvalue weighted by Crippen LogP contribution is 2.59. The van der Waals surface area contributed by atoms with Crippen LogP contribution in [0.25, 0.3) is 0 Å². The van der Waals surface area contributed by atoms with Crippen molar-refractivity contribution in [3.05, 3.63) is 35.4 Å². The van der Waals surface area contributed by atoms with Crippen molar-refractivity contribution in [2.24, 2.45) is 87.3 Å². The van der Waals surface area contributed by atoms with E-state index in [1.165, 1.54) is 276 Å². The van der Waals surface area contributed by atoms with Crippen molar-refractivity contribution in [3.63, 3.8) is 0 Å². The molecular weight excluding hydrogens is 1220 g/mol. The number of nitrogens with one attached hydrogen (secondary N) is 1. The van der Waals surface area contributed by atoms with Gasteiger partial charge in [0.25, 0.3) is 0 Å². The predicted octanol–water partition coefficient (Wildman–Crippen LogP) is 23.9. The Balaban J connectivity index is 0.000000139. The van der Waals surface area contributed by atoms with Crippen molar-refractivity contribution in [1.29, 1.82) is 0 Å². The van der Waals surface area contributed by atoms with Crippen LogP contribution in [0.15, 0.2) is 24.3 Å². The second kappa shape index (κ2) is 44.7. The van der Waals surface area contributed by atoms with Crippen LogP contribution < -0.4 is 5.32 Å². The number of carbonyl (C=O) groups excluding carboxylic acids is 1. The lowest BCUT2D eigenvalue weighted by Gasteiger charge is -2.53. The summed E-state index contributed by atoms with van der Waals surface area (Å²) in [4.78, 5) is 20.8. The SMILES string of the molecule is CC12CCC(CC1)CC2.CC1CC2(CCC2)C1.CC1CC2CC2C1.CC1CCC2(CC1)CC2.CC1CCCCC1.CC1CCNCC1.CC1CCOCC1.CN1CCCCC1.CN1CCCCC1.C[C@H]1CCC2CCC(=O)N2C1.C[C@H]1CCC2CCCN2C1.C[C@H]1CCc2ccccc2C1. The second-order valence-electron chi connectivity index (χ2n) is 39.4. The number of fused-ring (bicyclic) bond motifs is 7. The summed E-state index contributed by atoms with van der Waals surface area (Å²) in [6.07, 6.45) is 66.4. The van der Waals surface area contributed by atoms with Crippen LogP contribution in [0, 0.1) is 87.3 Å². The number of hydrogen-bond acceptors (Lipinski definition) is 6. The number of amides is 1. The number of nitrogens with zero attached hydrogens (tertiary/aromatic N) is 4. The number of piperidine rings is 5. The molecule has 19 aliphatic rings. The van der Waals surface area contributed by atoms with Crippen LogP contribution in [0.2, 0.25) is 0 Å². The molecule has 1 aromatic rings. The van der Waals surface area contributed by atoms with Gasteiger partial charge in [-0.3, -0.25) is 4.79 Å². The third-order valence-electron chi connectivity index (χ3n) is 29.0. The number of hydrogen-bond donors (Lipinski definition) is 1. The first kappa shape index (κ1) is 84.1. The number of aryl methyl sites for hydroxylation is 1. The highest BCUT2D eigenvalue weighted by atomic mass is 16.5. The van der Waals surface area contributed by atoms with Gasteiger partial charge >= 0.3 is 0 Å². The molecular formula is C93H169N5O2. The topological polar surface area (TPSA) is 51.3 Å². The molecule has 4 unspecified atom stereocenters. The van der Waals surface area contributed by atoms with E-state index >= 15 is 0 Å². The molecule has 1 aromatic carbocycles. The third kappa shape index (κ3) is 31.7. The van der Waals surface area contributed by atoms with Gasteiger partial charge in [-0.25, -0.2) is 0 Å². The van der Waals surface area contributed by atoms with Crippen molar-refractivity contribution in [3.8, 4) is 0 Å². The van der Waals surface area contributed by atoms with Gasteiger partial charge in [0, 0.05) is 44.8 Å². The lowest BCUT2D eigenvalue weighted by Crippen LogP contribution is -2.41. The summed E-state index contributed by atoms with van der Waals surface area (Å²) in [5.41, 5.74) is 5.76. The third-order valence-corrected chi connectivity index (χ3v) is 29.0. The van der Waals surface area contributed by atoms with Gasteiger partial charge in [-0.05, 0) is 383 Å². The lowest BCUT2D eigenvalue weighted by atomic mass is 9.52. The number of rotatable bonds is 0. The highest BCUT2D eigenvalue weighted by molar-refractivity contribution is 5.78. The molecule has 8 saturated heterocycles. The fraction of sp³-hybridized carbons (Fsp3) is 0.925. The van der Waals surface area contributed by atoms with E-state index in [4.69, 9.17) is 4.74 Å². The molecule has 8 aliphatic heterocycles. The van der Waals surface area contributed by atoms with Crippen molar-refractivity contribution in [2.75, 3.05) is 86.2 Å². The minimum Gasteiger partial charge on any atom is -0.381 e. The molecule has 100 heavy (non-hydrogen) atoms. The van der Waals surface area contributed by atoms with E-state index in [2.05, 4.69) is 133 Å². The summed E-state index contributed by atoms with van der Waals surface area (Å²) >= 11 is 0. The summed E-state index contributed by atoms with van der Waals surface area (Å²) in [6.45, 7) is 37.1. The number of benzene rings is 1. The average molecular weight is 1390 g/mol. The van der Waals surface area contributed by atoms with Crippen molar-refractivity contribution < 1.29 is 9.53 Å². The first-order valence-corrected chi connectivity index (χ1v) is 45.0. The zero-order valence-electron chi connectivity index (χ0n) is 68.8. The smallest absolute Gasteiger partial charge is 0.222 e. The van der Waals surface area contributed by atoms with E-state index in [0.717, 1.165) is 114 Å². The maximum atomic E-state index is 11.3. The predicted molar refractivity (Wildman–Crippen MR) is 432 cm³/mol. The fourth-order valence-corrected chi connectivity index (χ4v) is 20.8. The van der Waals surface area contributed by atoms with Gasteiger partial charge in [-0.2, -0.15) is 0 Å². The zero-order chi connectivity index (χ0) is 71.2. The van der Waals surface area contributed by atoms with Gasteiger partial charge in [0.2, 0.25) is 5.91 Å². The Morgan fingerprint density at radius 1 is 0.400 bits per heavy atom. The zero-order valence-corrected chi connectivity index (χ0v) is 68.8. The summed E-state index contributed by atoms with van der Waals surface area (Å²) < 4.78 is 5.14. The maximum absolute atomic E-state index is 11.3. The molecule has 7 heteroatoms. The van der Waals surface area contributed by atoms with Gasteiger partial charge in [0.1, 0.15) is 0 Å². The molecule has 18 fully saturated rings. The summed E-state index contributed by atoms with van der Waals surface area (Å²) in [5, 5.41) is 3.32. The van der Waals surface area contributed by atoms with E-state index in [1.54, 1.807) is 81.8 Å². The summed E-state index contributed by atoms with van der Waals surface area (Å²) in [7, 11) is 4.39. The lowest BCUT2D eigenvalue weighted by molar-refractivity contribution is -0.130. The molecule has 2 bridgehead atoms. The minimum atomic E-state index is 0.390. The molecule has 578 valence electrons. The quantitative estimate of drug-likeness (QED) is 0.279. The molecule has 2 spiro atoms. The van der Waals surface area contributed by atoms with Gasteiger partial charge in [-0.1, -0.05) is 158 Å². The van der Waals surface area contributed by atoms with Crippen LogP contribution in [0.1, 0.15) is 363 Å². The molecule has 1 N–H and O–H groups in total. The fourth-order valence-electron chi connectivity index (χ4n) is 20.8. The van der Waals surface area contributed by atoms with Gasteiger partial charge in [0.15, 0.2) is 0 Å². The molecule has 20 rings (SSSR count). The van der Waals surface area contributed by atoms with Gasteiger partial charge in [-0.15, -0.1) is 0 Å². The standard InChI is InChI=1S/C11H14.C9H15NO.C9H17N.2C9H16.C8H14.C7H12.C7H14.3C6H13N.C6H12O/c1-9-6-7-10-4-2-3-5-11(10)8-9;1-7-2-3-8-4-5-9(11)10(8)6-7;1-8-4-5-9-3-2-6-10(9)7-8;1-9-5-2-8(3-6-9)4-7-9;1-8-2-4-9(5-3-8)6-7-9;1-7-5-8(6-7)3-2-4-8;1-5-2-6-4-7(6)3-5;1-7-5-3-2-4-6-7;1-6-2-4-7-5-3-6;2*1-7-5-3-2-4-6-7;1-6-2-4-7-5-3-6/h2-5,9H,6-8H2,1H3;7-8H,2-6H2,1H3;8-9H,2-7H2,1H3;2*8H,2-7H2,1H3;7H,2-6H2,1H3;5-7H,2-4H2,1H3;7H,2-6H2,1H3;6-7H,2-5H2,1H3;2*2-6H2,1H3;6H,2-5H2,1H3/t9-;7-,8?;8-,9?;;;;;;;;;/m000........./s1. The molecule has 11 aliphatic carbocycles. The molecule has 7 atom stereocenters. The van der Waals surface area contributed by atoms with Crippen molar-refractivity contribution in [1.82, 2.24) is 24.9 Å². The largest absolute Gasteiger partial charge is 0.381 e. The highest BCUT2D eigenvalue weighted by Gasteiger charge is 2.47. The van der Waals surface area contributed by atoms with Crippen LogP contribution in [0.4, 0.5) is 0 Å². The van der Waals surface area contributed by atoms with E-state index < -0.39 is 0 Å². The Hall–Kier alpha value is -1.51.